The highest BCUT2D eigenvalue weighted by Crippen LogP contribution is 2.58. The molecule has 1 atom stereocenters. The first-order valence-corrected chi connectivity index (χ1v) is 6.63. The van der Waals surface area contributed by atoms with Gasteiger partial charge < -0.3 is 10.6 Å². The fourth-order valence-corrected chi connectivity index (χ4v) is 3.05. The lowest BCUT2D eigenvalue weighted by molar-refractivity contribution is -0.118. The van der Waals surface area contributed by atoms with Crippen LogP contribution in [0.3, 0.4) is 0 Å². The number of nitrogens with zero attached hydrogens (tertiary/aromatic N) is 1. The Morgan fingerprint density at radius 2 is 2.22 bits per heavy atom. The second-order valence-corrected chi connectivity index (χ2v) is 5.61. The summed E-state index contributed by atoms with van der Waals surface area (Å²) in [4.78, 5) is 16.3. The van der Waals surface area contributed by atoms with Crippen LogP contribution in [0.25, 0.3) is 0 Å². The summed E-state index contributed by atoms with van der Waals surface area (Å²) < 4.78 is 0. The van der Waals surface area contributed by atoms with Crippen molar-refractivity contribution in [2.24, 2.45) is 11.3 Å². The van der Waals surface area contributed by atoms with Crippen LogP contribution in [-0.2, 0) is 4.79 Å². The predicted molar refractivity (Wildman–Crippen MR) is 70.2 cm³/mol. The quantitative estimate of drug-likeness (QED) is 0.834. The van der Waals surface area contributed by atoms with E-state index in [1.807, 2.05) is 13.0 Å². The number of rotatable bonds is 2. The SMILES string of the molecule is Cc1cncc(NC(=O)C2CC23CCNCC3)c1. The third-order valence-electron chi connectivity index (χ3n) is 4.25. The van der Waals surface area contributed by atoms with Gasteiger partial charge in [-0.1, -0.05) is 0 Å². The van der Waals surface area contributed by atoms with Crippen molar-refractivity contribution in [2.45, 2.75) is 26.2 Å². The Morgan fingerprint density at radius 3 is 2.94 bits per heavy atom. The summed E-state index contributed by atoms with van der Waals surface area (Å²) in [6.07, 6.45) is 6.83. The first-order chi connectivity index (χ1) is 8.70. The zero-order valence-corrected chi connectivity index (χ0v) is 10.7. The molecular formula is C14H19N3O. The van der Waals surface area contributed by atoms with Crippen LogP contribution >= 0.6 is 0 Å². The minimum Gasteiger partial charge on any atom is -0.324 e. The molecule has 4 nitrogen and oxygen atoms in total. The van der Waals surface area contributed by atoms with E-state index >= 15 is 0 Å². The van der Waals surface area contributed by atoms with Gasteiger partial charge in [-0.2, -0.15) is 0 Å². The topological polar surface area (TPSA) is 54.0 Å². The van der Waals surface area contributed by atoms with Gasteiger partial charge in [0.15, 0.2) is 0 Å². The monoisotopic (exact) mass is 245 g/mol. The molecule has 2 aliphatic rings. The summed E-state index contributed by atoms with van der Waals surface area (Å²) in [5.74, 6) is 0.379. The van der Waals surface area contributed by atoms with E-state index in [1.165, 1.54) is 0 Å². The number of hydrogen-bond donors (Lipinski definition) is 2. The molecule has 1 spiro atoms. The van der Waals surface area contributed by atoms with E-state index in [-0.39, 0.29) is 11.8 Å². The Bertz CT molecular complexity index is 466. The van der Waals surface area contributed by atoms with Crippen molar-refractivity contribution >= 4 is 11.6 Å². The first-order valence-electron chi connectivity index (χ1n) is 6.63. The predicted octanol–water partition coefficient (Wildman–Crippen LogP) is 1.72. The molecule has 2 N–H and O–H groups in total. The molecule has 1 aliphatic carbocycles. The molecule has 4 heteroatoms. The minimum atomic E-state index is 0.171. The number of carbonyl (C=O) groups is 1. The van der Waals surface area contributed by atoms with E-state index in [4.69, 9.17) is 0 Å². The van der Waals surface area contributed by atoms with E-state index in [9.17, 15) is 4.79 Å². The molecule has 1 aliphatic heterocycles. The van der Waals surface area contributed by atoms with Gasteiger partial charge in [0.2, 0.25) is 5.91 Å². The number of aryl methyl sites for hydroxylation is 1. The molecule has 1 saturated carbocycles. The van der Waals surface area contributed by atoms with Gasteiger partial charge >= 0.3 is 0 Å². The lowest BCUT2D eigenvalue weighted by Gasteiger charge is -2.23. The number of nitrogens with one attached hydrogen (secondary N) is 2. The highest BCUT2D eigenvalue weighted by atomic mass is 16.2. The van der Waals surface area contributed by atoms with E-state index in [0.29, 0.717) is 5.41 Å². The van der Waals surface area contributed by atoms with Gasteiger partial charge in [0.05, 0.1) is 11.9 Å². The zero-order chi connectivity index (χ0) is 12.6. The standard InChI is InChI=1S/C14H19N3O/c1-10-6-11(9-16-8-10)17-13(18)12-7-14(12)2-4-15-5-3-14/h6,8-9,12,15H,2-5,7H2,1H3,(H,17,18). The summed E-state index contributed by atoms with van der Waals surface area (Å²) in [5.41, 5.74) is 2.18. The molecule has 96 valence electrons. The molecule has 18 heavy (non-hydrogen) atoms. The van der Waals surface area contributed by atoms with Crippen LogP contribution in [-0.4, -0.2) is 24.0 Å². The molecule has 2 heterocycles. The molecule has 0 radical (unpaired) electrons. The van der Waals surface area contributed by atoms with Crippen molar-refractivity contribution in [1.82, 2.24) is 10.3 Å². The average molecular weight is 245 g/mol. The molecule has 1 unspecified atom stereocenters. The van der Waals surface area contributed by atoms with Gasteiger partial charge in [0.1, 0.15) is 0 Å². The summed E-state index contributed by atoms with van der Waals surface area (Å²) in [6.45, 7) is 4.08. The maximum absolute atomic E-state index is 12.2. The fourth-order valence-electron chi connectivity index (χ4n) is 3.05. The summed E-state index contributed by atoms with van der Waals surface area (Å²) in [5, 5.41) is 6.35. The molecular weight excluding hydrogens is 226 g/mol. The number of carbonyl (C=O) groups excluding carboxylic acids is 1. The van der Waals surface area contributed by atoms with Crippen molar-refractivity contribution in [1.29, 1.82) is 0 Å². The Hall–Kier alpha value is -1.42. The summed E-state index contributed by atoms with van der Waals surface area (Å²) in [7, 11) is 0. The van der Waals surface area contributed by atoms with Crippen LogP contribution in [0.1, 0.15) is 24.8 Å². The molecule has 1 amide bonds. The highest BCUT2D eigenvalue weighted by Gasteiger charge is 2.57. The Labute approximate surface area is 107 Å². The number of aromatic nitrogens is 1. The molecule has 1 aromatic rings. The largest absolute Gasteiger partial charge is 0.324 e. The third kappa shape index (κ3) is 2.12. The summed E-state index contributed by atoms with van der Waals surface area (Å²) >= 11 is 0. The molecule has 0 aromatic carbocycles. The van der Waals surface area contributed by atoms with Crippen LogP contribution in [0.2, 0.25) is 0 Å². The number of amides is 1. The molecule has 3 rings (SSSR count). The van der Waals surface area contributed by atoms with Gasteiger partial charge in [-0.15, -0.1) is 0 Å². The lowest BCUT2D eigenvalue weighted by atomic mass is 9.92. The van der Waals surface area contributed by atoms with Crippen molar-refractivity contribution in [2.75, 3.05) is 18.4 Å². The lowest BCUT2D eigenvalue weighted by Crippen LogP contribution is -2.31. The van der Waals surface area contributed by atoms with Crippen molar-refractivity contribution < 1.29 is 4.79 Å². The third-order valence-corrected chi connectivity index (χ3v) is 4.25. The Morgan fingerprint density at radius 1 is 1.44 bits per heavy atom. The average Bonchev–Trinajstić information content (AvgIpc) is 3.04. The van der Waals surface area contributed by atoms with Crippen LogP contribution in [0.4, 0.5) is 5.69 Å². The number of piperidine rings is 1. The van der Waals surface area contributed by atoms with Gasteiger partial charge in [0.25, 0.3) is 0 Å². The van der Waals surface area contributed by atoms with Gasteiger partial charge in [-0.25, -0.2) is 0 Å². The zero-order valence-electron chi connectivity index (χ0n) is 10.7. The Balaban J connectivity index is 1.63. The highest BCUT2D eigenvalue weighted by molar-refractivity contribution is 5.95. The fraction of sp³-hybridized carbons (Fsp3) is 0.571. The Kier molecular flexibility index (Phi) is 2.82. The number of hydrogen-bond acceptors (Lipinski definition) is 3. The minimum absolute atomic E-state index is 0.171. The summed E-state index contributed by atoms with van der Waals surface area (Å²) in [6, 6.07) is 1.96. The van der Waals surface area contributed by atoms with E-state index in [2.05, 4.69) is 15.6 Å². The van der Waals surface area contributed by atoms with Crippen LogP contribution in [0.15, 0.2) is 18.5 Å². The molecule has 2 fully saturated rings. The smallest absolute Gasteiger partial charge is 0.228 e. The van der Waals surface area contributed by atoms with Crippen LogP contribution < -0.4 is 10.6 Å². The molecule has 1 saturated heterocycles. The van der Waals surface area contributed by atoms with E-state index < -0.39 is 0 Å². The second kappa shape index (κ2) is 4.35. The van der Waals surface area contributed by atoms with E-state index in [0.717, 1.165) is 43.6 Å². The maximum atomic E-state index is 12.2. The van der Waals surface area contributed by atoms with Crippen LogP contribution in [0, 0.1) is 18.3 Å². The number of anilines is 1. The second-order valence-electron chi connectivity index (χ2n) is 5.61. The molecule has 1 aromatic heterocycles. The number of pyridine rings is 1. The van der Waals surface area contributed by atoms with Crippen LogP contribution in [0.5, 0.6) is 0 Å². The van der Waals surface area contributed by atoms with Crippen molar-refractivity contribution in [3.8, 4) is 0 Å². The van der Waals surface area contributed by atoms with Crippen molar-refractivity contribution in [3.63, 3.8) is 0 Å². The normalized spacial score (nSPS) is 24.8. The van der Waals surface area contributed by atoms with E-state index in [1.54, 1.807) is 12.4 Å². The van der Waals surface area contributed by atoms with Crippen molar-refractivity contribution in [3.05, 3.63) is 24.0 Å². The van der Waals surface area contributed by atoms with Gasteiger partial charge in [-0.3, -0.25) is 9.78 Å². The maximum Gasteiger partial charge on any atom is 0.228 e. The first kappa shape index (κ1) is 11.7. The van der Waals surface area contributed by atoms with Gasteiger partial charge in [0, 0.05) is 12.1 Å². The molecule has 0 bridgehead atoms. The van der Waals surface area contributed by atoms with Gasteiger partial charge in [-0.05, 0) is 56.3 Å².